The molecule has 6 nitrogen and oxygen atoms in total. The number of hydrogen-bond donors (Lipinski definition) is 2. The van der Waals surface area contributed by atoms with Gasteiger partial charge in [0.05, 0.1) is 0 Å². The number of aromatic nitrogens is 5. The van der Waals surface area contributed by atoms with E-state index in [-0.39, 0.29) is 0 Å². The van der Waals surface area contributed by atoms with Crippen molar-refractivity contribution < 1.29 is 0 Å². The summed E-state index contributed by atoms with van der Waals surface area (Å²) in [4.78, 5) is 16.5. The average Bonchev–Trinajstić information content (AvgIpc) is 3.19. The van der Waals surface area contributed by atoms with Crippen LogP contribution in [0.15, 0.2) is 43.1 Å². The molecule has 0 aromatic carbocycles. The van der Waals surface area contributed by atoms with E-state index in [0.717, 1.165) is 34.2 Å². The van der Waals surface area contributed by atoms with Crippen LogP contribution in [0.25, 0.3) is 27.8 Å². The number of anilines is 1. The van der Waals surface area contributed by atoms with Crippen molar-refractivity contribution in [3.63, 3.8) is 0 Å². The summed E-state index contributed by atoms with van der Waals surface area (Å²) >= 11 is 0. The van der Waals surface area contributed by atoms with Crippen LogP contribution in [-0.4, -0.2) is 30.4 Å². The number of nitrogens with zero attached hydrogens (tertiary/aromatic N) is 4. The summed E-state index contributed by atoms with van der Waals surface area (Å²) in [5.74, 6) is 0.658. The Labute approximate surface area is 133 Å². The van der Waals surface area contributed by atoms with Gasteiger partial charge in [-0.05, 0) is 25.5 Å². The lowest BCUT2D eigenvalue weighted by atomic mass is 10.1. The molecule has 0 aliphatic heterocycles. The molecular weight excluding hydrogens is 288 g/mol. The molecule has 0 amide bonds. The van der Waals surface area contributed by atoms with Crippen LogP contribution >= 0.6 is 0 Å². The maximum atomic E-state index is 4.56. The van der Waals surface area contributed by atoms with Gasteiger partial charge in [0.1, 0.15) is 11.3 Å². The van der Waals surface area contributed by atoms with E-state index in [1.54, 1.807) is 6.20 Å². The summed E-state index contributed by atoms with van der Waals surface area (Å²) in [7, 11) is 0. The second kappa shape index (κ2) is 5.39. The average molecular weight is 306 g/mol. The van der Waals surface area contributed by atoms with Crippen LogP contribution in [0.4, 0.5) is 5.95 Å². The second-order valence-corrected chi connectivity index (χ2v) is 5.72. The maximum Gasteiger partial charge on any atom is 0.224 e. The van der Waals surface area contributed by atoms with Crippen molar-refractivity contribution in [2.24, 2.45) is 0 Å². The first kappa shape index (κ1) is 13.8. The molecule has 0 spiro atoms. The number of fused-ring (bicyclic) bond motifs is 2. The highest BCUT2D eigenvalue weighted by atomic mass is 15.1. The molecule has 0 saturated carbocycles. The molecule has 116 valence electrons. The smallest absolute Gasteiger partial charge is 0.224 e. The van der Waals surface area contributed by atoms with Crippen molar-refractivity contribution in [1.29, 1.82) is 0 Å². The topological polar surface area (TPSA) is 70.9 Å². The van der Waals surface area contributed by atoms with Gasteiger partial charge in [-0.3, -0.25) is 0 Å². The van der Waals surface area contributed by atoms with Gasteiger partial charge in [-0.15, -0.1) is 0 Å². The zero-order valence-electron chi connectivity index (χ0n) is 13.1. The van der Waals surface area contributed by atoms with E-state index in [1.165, 1.54) is 0 Å². The largest absolute Gasteiger partial charge is 0.352 e. The van der Waals surface area contributed by atoms with Gasteiger partial charge in [-0.25, -0.2) is 9.97 Å². The summed E-state index contributed by atoms with van der Waals surface area (Å²) in [5.41, 5.74) is 3.97. The Morgan fingerprint density at radius 2 is 2.22 bits per heavy atom. The first-order valence-electron chi connectivity index (χ1n) is 7.78. The molecule has 1 unspecified atom stereocenters. The molecular formula is C17H18N6. The summed E-state index contributed by atoms with van der Waals surface area (Å²) in [6.45, 7) is 4.25. The predicted octanol–water partition coefficient (Wildman–Crippen LogP) is 3.48. The standard InChI is InChI=1S/C17H18N6/c1-3-11(2)21-17-20-9-14-13(8-19-16(14)22-17)12-4-5-15-18-6-7-23(15)10-12/h4-11H,3H2,1-2H3,(H2,19,20,21,22). The second-order valence-electron chi connectivity index (χ2n) is 5.72. The molecule has 23 heavy (non-hydrogen) atoms. The van der Waals surface area contributed by atoms with E-state index in [9.17, 15) is 0 Å². The molecule has 2 N–H and O–H groups in total. The first-order chi connectivity index (χ1) is 11.2. The number of hydrogen-bond acceptors (Lipinski definition) is 4. The van der Waals surface area contributed by atoms with E-state index in [2.05, 4.69) is 51.4 Å². The van der Waals surface area contributed by atoms with E-state index in [0.29, 0.717) is 12.0 Å². The van der Waals surface area contributed by atoms with Gasteiger partial charge < -0.3 is 14.7 Å². The zero-order valence-corrected chi connectivity index (χ0v) is 13.1. The highest BCUT2D eigenvalue weighted by Gasteiger charge is 2.10. The quantitative estimate of drug-likeness (QED) is 0.605. The lowest BCUT2D eigenvalue weighted by Gasteiger charge is -2.10. The SMILES string of the molecule is CCC(C)Nc1ncc2c(-c3ccc4nccn4c3)c[nH]c2n1. The van der Waals surface area contributed by atoms with E-state index >= 15 is 0 Å². The van der Waals surface area contributed by atoms with Gasteiger partial charge in [-0.2, -0.15) is 4.98 Å². The van der Waals surface area contributed by atoms with Gasteiger partial charge in [0.2, 0.25) is 5.95 Å². The zero-order chi connectivity index (χ0) is 15.8. The molecule has 6 heteroatoms. The minimum absolute atomic E-state index is 0.352. The number of H-pyrrole nitrogens is 1. The van der Waals surface area contributed by atoms with Gasteiger partial charge in [0.15, 0.2) is 0 Å². The summed E-state index contributed by atoms with van der Waals surface area (Å²) in [6.07, 6.45) is 10.7. The fourth-order valence-corrected chi connectivity index (χ4v) is 2.62. The highest BCUT2D eigenvalue weighted by Crippen LogP contribution is 2.28. The highest BCUT2D eigenvalue weighted by molar-refractivity contribution is 5.93. The molecule has 4 aromatic rings. The van der Waals surface area contributed by atoms with E-state index < -0.39 is 0 Å². The van der Waals surface area contributed by atoms with Crippen LogP contribution in [-0.2, 0) is 0 Å². The van der Waals surface area contributed by atoms with Crippen molar-refractivity contribution in [1.82, 2.24) is 24.3 Å². The molecule has 0 radical (unpaired) electrons. The van der Waals surface area contributed by atoms with Crippen molar-refractivity contribution in [3.05, 3.63) is 43.1 Å². The minimum atomic E-state index is 0.352. The van der Waals surface area contributed by atoms with Crippen LogP contribution in [0.2, 0.25) is 0 Å². The number of pyridine rings is 1. The lowest BCUT2D eigenvalue weighted by Crippen LogP contribution is -2.15. The Morgan fingerprint density at radius 3 is 3.09 bits per heavy atom. The van der Waals surface area contributed by atoms with Crippen molar-refractivity contribution in [3.8, 4) is 11.1 Å². The van der Waals surface area contributed by atoms with Crippen LogP contribution < -0.4 is 5.32 Å². The van der Waals surface area contributed by atoms with Gasteiger partial charge >= 0.3 is 0 Å². The third kappa shape index (κ3) is 2.42. The van der Waals surface area contributed by atoms with Crippen molar-refractivity contribution >= 4 is 22.6 Å². The third-order valence-corrected chi connectivity index (χ3v) is 4.12. The van der Waals surface area contributed by atoms with Crippen molar-refractivity contribution in [2.75, 3.05) is 5.32 Å². The Bertz CT molecular complexity index is 967. The minimum Gasteiger partial charge on any atom is -0.352 e. The number of nitrogens with one attached hydrogen (secondary N) is 2. The van der Waals surface area contributed by atoms with Crippen LogP contribution in [0.1, 0.15) is 20.3 Å². The Hall–Kier alpha value is -2.89. The molecule has 1 atom stereocenters. The molecule has 0 aliphatic rings. The normalized spacial score (nSPS) is 12.8. The third-order valence-electron chi connectivity index (χ3n) is 4.12. The van der Waals surface area contributed by atoms with Crippen molar-refractivity contribution in [2.45, 2.75) is 26.3 Å². The molecule has 0 bridgehead atoms. The van der Waals surface area contributed by atoms with E-state index in [4.69, 9.17) is 0 Å². The first-order valence-corrected chi connectivity index (χ1v) is 7.78. The van der Waals surface area contributed by atoms with Crippen LogP contribution in [0.5, 0.6) is 0 Å². The number of aromatic amines is 1. The monoisotopic (exact) mass is 306 g/mol. The molecule has 0 saturated heterocycles. The van der Waals surface area contributed by atoms with Gasteiger partial charge in [0, 0.05) is 53.5 Å². The van der Waals surface area contributed by atoms with Crippen LogP contribution in [0.3, 0.4) is 0 Å². The summed E-state index contributed by atoms with van der Waals surface area (Å²) in [6, 6.07) is 4.43. The Kier molecular flexibility index (Phi) is 3.22. The fraction of sp³-hybridized carbons (Fsp3) is 0.235. The molecule has 4 aromatic heterocycles. The van der Waals surface area contributed by atoms with Crippen LogP contribution in [0, 0.1) is 0 Å². The van der Waals surface area contributed by atoms with E-state index in [1.807, 2.05) is 29.1 Å². The van der Waals surface area contributed by atoms with Gasteiger partial charge in [0.25, 0.3) is 0 Å². The lowest BCUT2D eigenvalue weighted by molar-refractivity contribution is 0.754. The number of imidazole rings is 1. The van der Waals surface area contributed by atoms with Gasteiger partial charge in [-0.1, -0.05) is 6.92 Å². The molecule has 4 rings (SSSR count). The Morgan fingerprint density at radius 1 is 1.30 bits per heavy atom. The molecule has 0 aliphatic carbocycles. The predicted molar refractivity (Wildman–Crippen MR) is 91.5 cm³/mol. The fourth-order valence-electron chi connectivity index (χ4n) is 2.62. The summed E-state index contributed by atoms with van der Waals surface area (Å²) < 4.78 is 2.01. The summed E-state index contributed by atoms with van der Waals surface area (Å²) in [5, 5.41) is 4.31. The number of rotatable bonds is 4. The maximum absolute atomic E-state index is 4.56. The molecule has 0 fully saturated rings. The molecule has 4 heterocycles. The Balaban J connectivity index is 1.75.